The molecule has 1 aromatic heterocycles. The van der Waals surface area contributed by atoms with E-state index in [0.717, 1.165) is 28.8 Å². The first-order valence-corrected chi connectivity index (χ1v) is 10.4. The minimum absolute atomic E-state index is 0.0716. The second kappa shape index (κ2) is 9.65. The normalized spacial score (nSPS) is 11.7. The van der Waals surface area contributed by atoms with Gasteiger partial charge in [0, 0.05) is 22.9 Å². The van der Waals surface area contributed by atoms with Gasteiger partial charge in [0.25, 0.3) is 5.70 Å². The lowest BCUT2D eigenvalue weighted by molar-refractivity contribution is -0.576. The summed E-state index contributed by atoms with van der Waals surface area (Å²) in [5.41, 5.74) is 6.15. The number of benzene rings is 2. The summed E-state index contributed by atoms with van der Waals surface area (Å²) in [6.07, 6.45) is 4.50. The molecule has 0 saturated heterocycles. The number of thiocarbonyl (C=S) groups is 1. The summed E-state index contributed by atoms with van der Waals surface area (Å²) in [7, 11) is 0. The van der Waals surface area contributed by atoms with E-state index in [1.807, 2.05) is 68.6 Å². The molecule has 0 bridgehead atoms. The zero-order valence-electron chi connectivity index (χ0n) is 17.5. The van der Waals surface area contributed by atoms with Crippen molar-refractivity contribution in [1.82, 2.24) is 0 Å². The maximum atomic E-state index is 11.2. The van der Waals surface area contributed by atoms with E-state index in [1.165, 1.54) is 5.56 Å². The molecular formula is C25H27N2O2S+. The number of anilines is 1. The van der Waals surface area contributed by atoms with Crippen molar-refractivity contribution in [3.8, 4) is 0 Å². The predicted molar refractivity (Wildman–Crippen MR) is 126 cm³/mol. The van der Waals surface area contributed by atoms with E-state index in [2.05, 4.69) is 18.3 Å². The number of nitrogens with zero attached hydrogens (tertiary/aromatic N) is 1. The van der Waals surface area contributed by atoms with Gasteiger partial charge in [-0.05, 0) is 61.2 Å². The molecule has 154 valence electrons. The molecule has 0 aliphatic heterocycles. The molecule has 3 N–H and O–H groups in total. The SMILES string of the molecule is CCc1cccc(NC(=S)/C(=C(/O)c2ccc(C)c(C)c2)[n+]2cccc(CO)c2)c1. The van der Waals surface area contributed by atoms with Crippen molar-refractivity contribution >= 4 is 34.3 Å². The average Bonchev–Trinajstić information content (AvgIpc) is 2.76. The van der Waals surface area contributed by atoms with Crippen molar-refractivity contribution in [3.05, 3.63) is 94.8 Å². The highest BCUT2D eigenvalue weighted by Gasteiger charge is 2.24. The van der Waals surface area contributed by atoms with Gasteiger partial charge < -0.3 is 15.5 Å². The summed E-state index contributed by atoms with van der Waals surface area (Å²) < 4.78 is 1.75. The smallest absolute Gasteiger partial charge is 0.288 e. The van der Waals surface area contributed by atoms with Gasteiger partial charge in [-0.2, -0.15) is 4.57 Å². The lowest BCUT2D eigenvalue weighted by Crippen LogP contribution is -2.39. The van der Waals surface area contributed by atoms with Gasteiger partial charge in [-0.25, -0.2) is 0 Å². The number of aromatic nitrogens is 1. The molecule has 0 radical (unpaired) electrons. The van der Waals surface area contributed by atoms with Crippen LogP contribution in [-0.4, -0.2) is 15.2 Å². The van der Waals surface area contributed by atoms with E-state index in [-0.39, 0.29) is 12.4 Å². The number of aryl methyl sites for hydroxylation is 3. The van der Waals surface area contributed by atoms with Gasteiger partial charge >= 0.3 is 0 Å². The third-order valence-corrected chi connectivity index (χ3v) is 5.41. The molecule has 4 nitrogen and oxygen atoms in total. The predicted octanol–water partition coefficient (Wildman–Crippen LogP) is 4.97. The summed E-state index contributed by atoms with van der Waals surface area (Å²) in [4.78, 5) is 0.388. The Morgan fingerprint density at radius 2 is 1.77 bits per heavy atom. The van der Waals surface area contributed by atoms with Crippen molar-refractivity contribution in [1.29, 1.82) is 0 Å². The van der Waals surface area contributed by atoms with Crippen LogP contribution in [0.2, 0.25) is 0 Å². The van der Waals surface area contributed by atoms with E-state index < -0.39 is 0 Å². The first kappa shape index (κ1) is 21.7. The number of pyridine rings is 1. The molecule has 0 fully saturated rings. The van der Waals surface area contributed by atoms with Crippen LogP contribution in [0.3, 0.4) is 0 Å². The molecular weight excluding hydrogens is 392 g/mol. The maximum Gasteiger partial charge on any atom is 0.288 e. The van der Waals surface area contributed by atoms with Gasteiger partial charge in [0.1, 0.15) is 0 Å². The fourth-order valence-electron chi connectivity index (χ4n) is 3.19. The zero-order chi connectivity index (χ0) is 21.7. The zero-order valence-corrected chi connectivity index (χ0v) is 18.3. The monoisotopic (exact) mass is 419 g/mol. The van der Waals surface area contributed by atoms with Crippen molar-refractivity contribution < 1.29 is 14.8 Å². The summed E-state index contributed by atoms with van der Waals surface area (Å²) in [5, 5.41) is 24.0. The van der Waals surface area contributed by atoms with Crippen LogP contribution in [0.5, 0.6) is 0 Å². The van der Waals surface area contributed by atoms with Gasteiger partial charge in [0.15, 0.2) is 23.1 Å². The highest BCUT2D eigenvalue weighted by molar-refractivity contribution is 7.81. The van der Waals surface area contributed by atoms with Crippen LogP contribution >= 0.6 is 12.2 Å². The van der Waals surface area contributed by atoms with E-state index in [0.29, 0.717) is 16.2 Å². The lowest BCUT2D eigenvalue weighted by atomic mass is 10.0. The molecule has 2 aromatic carbocycles. The summed E-state index contributed by atoms with van der Waals surface area (Å²) in [5.74, 6) is 0.0716. The number of hydrogen-bond acceptors (Lipinski definition) is 3. The van der Waals surface area contributed by atoms with E-state index in [1.54, 1.807) is 10.8 Å². The second-order valence-corrected chi connectivity index (χ2v) is 7.69. The van der Waals surface area contributed by atoms with E-state index >= 15 is 0 Å². The Morgan fingerprint density at radius 3 is 2.47 bits per heavy atom. The first-order chi connectivity index (χ1) is 14.4. The molecule has 30 heavy (non-hydrogen) atoms. The Labute approximate surface area is 183 Å². The third kappa shape index (κ3) is 4.93. The van der Waals surface area contributed by atoms with Crippen LogP contribution in [0.25, 0.3) is 11.5 Å². The Balaban J connectivity index is 2.10. The fourth-order valence-corrected chi connectivity index (χ4v) is 3.51. The van der Waals surface area contributed by atoms with Gasteiger partial charge in [0.05, 0.1) is 6.61 Å². The van der Waals surface area contributed by atoms with Crippen LogP contribution in [0.1, 0.15) is 34.7 Å². The van der Waals surface area contributed by atoms with Crippen LogP contribution in [-0.2, 0) is 13.0 Å². The number of rotatable bonds is 6. The van der Waals surface area contributed by atoms with E-state index in [4.69, 9.17) is 12.2 Å². The van der Waals surface area contributed by atoms with Crippen LogP contribution < -0.4 is 9.88 Å². The summed E-state index contributed by atoms with van der Waals surface area (Å²) >= 11 is 5.72. The first-order valence-electron chi connectivity index (χ1n) is 9.95. The Kier molecular flexibility index (Phi) is 6.98. The van der Waals surface area contributed by atoms with Crippen LogP contribution in [0, 0.1) is 13.8 Å². The molecule has 5 heteroatoms. The molecule has 0 atom stereocenters. The molecule has 0 amide bonds. The summed E-state index contributed by atoms with van der Waals surface area (Å²) in [6.45, 7) is 6.05. The summed E-state index contributed by atoms with van der Waals surface area (Å²) in [6, 6.07) is 17.5. The lowest BCUT2D eigenvalue weighted by Gasteiger charge is -2.12. The molecule has 3 rings (SSSR count). The topological polar surface area (TPSA) is 56.4 Å². The van der Waals surface area contributed by atoms with Crippen LogP contribution in [0.4, 0.5) is 5.69 Å². The largest absolute Gasteiger partial charge is 0.502 e. The molecule has 0 saturated carbocycles. The second-order valence-electron chi connectivity index (χ2n) is 7.28. The molecule has 0 unspecified atom stereocenters. The quantitative estimate of drug-likeness (QED) is 0.229. The van der Waals surface area contributed by atoms with Gasteiger partial charge in [-0.15, -0.1) is 0 Å². The van der Waals surface area contributed by atoms with Gasteiger partial charge in [0.2, 0.25) is 0 Å². The Bertz CT molecular complexity index is 1110. The highest BCUT2D eigenvalue weighted by atomic mass is 32.1. The van der Waals surface area contributed by atoms with E-state index in [9.17, 15) is 10.2 Å². The van der Waals surface area contributed by atoms with Crippen molar-refractivity contribution in [2.45, 2.75) is 33.8 Å². The van der Waals surface area contributed by atoms with Crippen molar-refractivity contribution in [2.75, 3.05) is 5.32 Å². The average molecular weight is 420 g/mol. The number of nitrogens with one attached hydrogen (secondary N) is 1. The van der Waals surface area contributed by atoms with Gasteiger partial charge in [-0.3, -0.25) is 0 Å². The minimum Gasteiger partial charge on any atom is -0.502 e. The van der Waals surface area contributed by atoms with Crippen molar-refractivity contribution in [2.24, 2.45) is 0 Å². The number of aliphatic hydroxyl groups is 2. The molecule has 0 aliphatic carbocycles. The molecule has 3 aromatic rings. The third-order valence-electron chi connectivity index (χ3n) is 5.12. The molecule has 0 spiro atoms. The highest BCUT2D eigenvalue weighted by Crippen LogP contribution is 2.22. The minimum atomic E-state index is -0.0999. The Hall–Kier alpha value is -3.02. The standard InChI is InChI=1S/C25H26N2O2S/c1-4-19-7-5-9-22(14-19)26-25(30)23(27-12-6-8-20(15-27)16-28)24(29)21-11-10-17(2)18(3)13-21/h5-15,28H,4,16H2,1-3H3,(H-,26,29,30)/p+1. The number of aliphatic hydroxyl groups excluding tert-OH is 2. The maximum absolute atomic E-state index is 11.2. The molecule has 1 heterocycles. The van der Waals surface area contributed by atoms with Crippen LogP contribution in [0.15, 0.2) is 67.0 Å². The number of hydrogen-bond donors (Lipinski definition) is 3. The molecule has 0 aliphatic rings. The van der Waals surface area contributed by atoms with Crippen molar-refractivity contribution in [3.63, 3.8) is 0 Å². The fraction of sp³-hybridized carbons (Fsp3) is 0.200. The Morgan fingerprint density at radius 1 is 1.00 bits per heavy atom. The van der Waals surface area contributed by atoms with Gasteiger partial charge in [-0.1, -0.05) is 43.4 Å².